The third-order valence-electron chi connectivity index (χ3n) is 10.2. The van der Waals surface area contributed by atoms with Gasteiger partial charge in [0.2, 0.25) is 0 Å². The fourth-order valence-electron chi connectivity index (χ4n) is 7.28. The van der Waals surface area contributed by atoms with Crippen LogP contribution in [0.1, 0.15) is 11.1 Å². The molecule has 0 saturated heterocycles. The molecule has 6 heteroatoms. The van der Waals surface area contributed by atoms with Crippen LogP contribution in [0.3, 0.4) is 0 Å². The van der Waals surface area contributed by atoms with Crippen molar-refractivity contribution >= 4 is 38.9 Å². The molecule has 0 spiro atoms. The average Bonchev–Trinajstić information content (AvgIpc) is 3.27. The number of aromatic nitrogens is 2. The van der Waals surface area contributed by atoms with Gasteiger partial charge in [-0.05, 0) is 77.6 Å². The van der Waals surface area contributed by atoms with Gasteiger partial charge in [0.1, 0.15) is 5.75 Å². The summed E-state index contributed by atoms with van der Waals surface area (Å²) >= 11 is 0. The van der Waals surface area contributed by atoms with Crippen molar-refractivity contribution < 1.29 is 4.74 Å². The molecule has 2 aromatic heterocycles. The normalized spacial score (nSPS) is 10.9. The third-order valence-corrected chi connectivity index (χ3v) is 10.2. The number of nitrogens with zero attached hydrogens (tertiary/aromatic N) is 2. The Labute approximate surface area is 333 Å². The summed E-state index contributed by atoms with van der Waals surface area (Å²) in [6, 6.07) is 61.2. The van der Waals surface area contributed by atoms with Crippen molar-refractivity contribution in [2.24, 2.45) is 0 Å². The number of benzene rings is 7. The number of nitrogen functional groups attached to an aromatic ring is 3. The number of fused-ring (bicyclic) bond motifs is 2. The molecule has 278 valence electrons. The number of aryl methyl sites for hydroxylation is 2. The molecule has 0 fully saturated rings. The zero-order chi connectivity index (χ0) is 39.1. The molecule has 0 unspecified atom stereocenters. The van der Waals surface area contributed by atoms with Crippen LogP contribution >= 0.6 is 0 Å². The first-order valence-electron chi connectivity index (χ1n) is 19.0. The van der Waals surface area contributed by atoms with Crippen molar-refractivity contribution in [3.63, 3.8) is 0 Å². The van der Waals surface area contributed by atoms with Crippen molar-refractivity contribution in [3.8, 4) is 50.5 Å². The molecule has 6 N–H and O–H groups in total. The summed E-state index contributed by atoms with van der Waals surface area (Å²) in [5.74, 6) is 0.881. The second-order valence-corrected chi connectivity index (χ2v) is 13.9. The Morgan fingerprint density at radius 3 is 1.30 bits per heavy atom. The van der Waals surface area contributed by atoms with Gasteiger partial charge in [0.25, 0.3) is 0 Å². The van der Waals surface area contributed by atoms with Gasteiger partial charge in [-0.15, -0.1) is 0 Å². The van der Waals surface area contributed by atoms with Crippen molar-refractivity contribution in [2.45, 2.75) is 12.8 Å². The Morgan fingerprint density at radius 2 is 0.825 bits per heavy atom. The van der Waals surface area contributed by atoms with E-state index in [4.69, 9.17) is 31.9 Å². The lowest BCUT2D eigenvalue weighted by Crippen LogP contribution is -2.00. The van der Waals surface area contributed by atoms with Gasteiger partial charge in [-0.3, -0.25) is 0 Å². The third kappa shape index (κ3) is 7.88. The molecule has 9 rings (SSSR count). The summed E-state index contributed by atoms with van der Waals surface area (Å²) in [4.78, 5) is 9.96. The Morgan fingerprint density at radius 1 is 0.421 bits per heavy atom. The number of hydrogen-bond donors (Lipinski definition) is 3. The molecular weight excluding hydrogens is 699 g/mol. The van der Waals surface area contributed by atoms with Crippen LogP contribution in [0.25, 0.3) is 66.6 Å². The zero-order valence-corrected chi connectivity index (χ0v) is 31.8. The molecule has 0 bridgehead atoms. The number of anilines is 3. The van der Waals surface area contributed by atoms with Crippen LogP contribution in [-0.4, -0.2) is 17.1 Å². The van der Waals surface area contributed by atoms with E-state index in [1.165, 1.54) is 11.1 Å². The highest BCUT2D eigenvalue weighted by Crippen LogP contribution is 2.41. The molecule has 57 heavy (non-hydrogen) atoms. The van der Waals surface area contributed by atoms with E-state index in [0.29, 0.717) is 11.4 Å². The highest BCUT2D eigenvalue weighted by molar-refractivity contribution is 6.05. The van der Waals surface area contributed by atoms with Crippen LogP contribution in [0.4, 0.5) is 17.1 Å². The Bertz CT molecular complexity index is 2770. The standard InChI is InChI=1S/C30H26N2O.C21H17N3/c1-33-25-17-14-21(15-18-25)12-13-22-16-19-27-26(20-22)29(31)28(23-8-4-2-5-9-23)30(32-27)24-10-6-3-7-11-24;22-16-11-12-18-17(13-16)20(23)19(14-7-3-1-4-8-14)21(24-18)15-9-5-2-6-10-15/h2-11,14-20H,12-13H2,1H3,(H2,31,32);1-13H,22H2,(H2,23,24). The maximum Gasteiger partial charge on any atom is 0.118 e. The monoisotopic (exact) mass is 741 g/mol. The molecule has 9 aromatic rings. The largest absolute Gasteiger partial charge is 0.497 e. The van der Waals surface area contributed by atoms with Gasteiger partial charge in [-0.2, -0.15) is 0 Å². The Balaban J connectivity index is 0.000000168. The minimum atomic E-state index is 0.683. The second-order valence-electron chi connectivity index (χ2n) is 13.9. The van der Waals surface area contributed by atoms with Crippen LogP contribution in [0.15, 0.2) is 182 Å². The molecule has 0 saturated carbocycles. The number of rotatable bonds is 8. The van der Waals surface area contributed by atoms with E-state index in [2.05, 4.69) is 78.9 Å². The highest BCUT2D eigenvalue weighted by Gasteiger charge is 2.18. The number of pyridine rings is 2. The molecule has 0 radical (unpaired) electrons. The van der Waals surface area contributed by atoms with Crippen molar-refractivity contribution in [2.75, 3.05) is 24.3 Å². The van der Waals surface area contributed by atoms with E-state index in [1.807, 2.05) is 103 Å². The maximum atomic E-state index is 6.84. The Hall–Kier alpha value is -7.44. The van der Waals surface area contributed by atoms with Crippen LogP contribution in [0, 0.1) is 0 Å². The van der Waals surface area contributed by atoms with E-state index in [-0.39, 0.29) is 0 Å². The predicted octanol–water partition coefficient (Wildman–Crippen LogP) is 11.7. The van der Waals surface area contributed by atoms with Crippen molar-refractivity contribution in [1.82, 2.24) is 9.97 Å². The first-order valence-corrected chi connectivity index (χ1v) is 19.0. The van der Waals surface area contributed by atoms with Gasteiger partial charge in [-0.25, -0.2) is 9.97 Å². The van der Waals surface area contributed by atoms with Crippen LogP contribution < -0.4 is 21.9 Å². The highest BCUT2D eigenvalue weighted by atomic mass is 16.5. The fourth-order valence-corrected chi connectivity index (χ4v) is 7.28. The predicted molar refractivity (Wildman–Crippen MR) is 239 cm³/mol. The first kappa shape index (κ1) is 36.5. The molecule has 0 amide bonds. The van der Waals surface area contributed by atoms with E-state index in [9.17, 15) is 0 Å². The van der Waals surface area contributed by atoms with Crippen LogP contribution in [0.2, 0.25) is 0 Å². The lowest BCUT2D eigenvalue weighted by molar-refractivity contribution is 0.414. The summed E-state index contributed by atoms with van der Waals surface area (Å²) < 4.78 is 5.26. The summed E-state index contributed by atoms with van der Waals surface area (Å²) in [6.45, 7) is 0. The summed E-state index contributed by atoms with van der Waals surface area (Å²) in [7, 11) is 1.69. The van der Waals surface area contributed by atoms with Gasteiger partial charge in [0.15, 0.2) is 0 Å². The fraction of sp³-hybridized carbons (Fsp3) is 0.0588. The maximum absolute atomic E-state index is 6.84. The van der Waals surface area contributed by atoms with Gasteiger partial charge in [0.05, 0.1) is 40.9 Å². The number of methoxy groups -OCH3 is 1. The van der Waals surface area contributed by atoms with Crippen LogP contribution in [-0.2, 0) is 12.8 Å². The lowest BCUT2D eigenvalue weighted by Gasteiger charge is -2.16. The zero-order valence-electron chi connectivity index (χ0n) is 31.8. The van der Waals surface area contributed by atoms with E-state index in [1.54, 1.807) is 7.11 Å². The Kier molecular flexibility index (Phi) is 10.6. The van der Waals surface area contributed by atoms with Gasteiger partial charge in [-0.1, -0.05) is 140 Å². The van der Waals surface area contributed by atoms with Crippen LogP contribution in [0.5, 0.6) is 5.75 Å². The van der Waals surface area contributed by atoms with Gasteiger partial charge < -0.3 is 21.9 Å². The van der Waals surface area contributed by atoms with E-state index >= 15 is 0 Å². The molecule has 2 heterocycles. The number of nitrogens with two attached hydrogens (primary N) is 3. The van der Waals surface area contributed by atoms with E-state index in [0.717, 1.165) is 90.9 Å². The average molecular weight is 742 g/mol. The van der Waals surface area contributed by atoms with Gasteiger partial charge in [0, 0.05) is 38.7 Å². The second kappa shape index (κ2) is 16.5. The molecule has 0 aliphatic carbocycles. The topological polar surface area (TPSA) is 113 Å². The van der Waals surface area contributed by atoms with Gasteiger partial charge >= 0.3 is 0 Å². The molecule has 7 aromatic carbocycles. The smallest absolute Gasteiger partial charge is 0.118 e. The van der Waals surface area contributed by atoms with E-state index < -0.39 is 0 Å². The van der Waals surface area contributed by atoms with Crippen molar-refractivity contribution in [1.29, 1.82) is 0 Å². The number of ether oxygens (including phenoxy) is 1. The first-order chi connectivity index (χ1) is 28.0. The number of hydrogen-bond acceptors (Lipinski definition) is 6. The SMILES string of the molecule is COc1ccc(CCc2ccc3nc(-c4ccccc4)c(-c4ccccc4)c(N)c3c2)cc1.Nc1ccc2nc(-c3ccccc3)c(-c3ccccc3)c(N)c2c1. The summed E-state index contributed by atoms with van der Waals surface area (Å²) in [6.07, 6.45) is 1.89. The lowest BCUT2D eigenvalue weighted by atomic mass is 9.94. The minimum Gasteiger partial charge on any atom is -0.497 e. The molecular formula is C51H43N5O. The van der Waals surface area contributed by atoms with Crippen molar-refractivity contribution in [3.05, 3.63) is 193 Å². The molecule has 6 nitrogen and oxygen atoms in total. The summed E-state index contributed by atoms with van der Waals surface area (Å²) in [5, 5.41) is 1.88. The molecule has 0 atom stereocenters. The summed E-state index contributed by atoms with van der Waals surface area (Å²) in [5.41, 5.74) is 33.8. The molecule has 0 aliphatic rings. The molecule has 0 aliphatic heterocycles. The quantitative estimate of drug-likeness (QED) is 0.134. The minimum absolute atomic E-state index is 0.683.